The number of imidazole rings is 1. The van der Waals surface area contributed by atoms with Gasteiger partial charge in [-0.05, 0) is 62.0 Å². The first-order chi connectivity index (χ1) is 17.3. The number of nitrogens with one attached hydrogen (secondary N) is 1. The lowest BCUT2D eigenvalue weighted by Crippen LogP contribution is -2.34. The topological polar surface area (TPSA) is 49.2 Å². The number of fused-ring (bicyclic) bond motifs is 2. The van der Waals surface area contributed by atoms with Crippen LogP contribution in [0.1, 0.15) is 42.1 Å². The van der Waals surface area contributed by atoms with E-state index in [1.165, 1.54) is 10.9 Å². The smallest absolute Gasteiger partial charge is 0.117 e. The largest absolute Gasteiger partial charge is 0.361 e. The second-order valence-electron chi connectivity index (χ2n) is 9.41. The van der Waals surface area contributed by atoms with Gasteiger partial charge in [-0.25, -0.2) is 4.98 Å². The lowest BCUT2D eigenvalue weighted by atomic mass is 9.96. The molecule has 0 aliphatic carbocycles. The molecule has 6 rings (SSSR count). The van der Waals surface area contributed by atoms with Crippen LogP contribution in [0.15, 0.2) is 73.3 Å². The lowest BCUT2D eigenvalue weighted by Gasteiger charge is -2.30. The van der Waals surface area contributed by atoms with Crippen LogP contribution < -0.4 is 0 Å². The summed E-state index contributed by atoms with van der Waals surface area (Å²) in [6.45, 7) is 5.31. The minimum Gasteiger partial charge on any atom is -0.361 e. The van der Waals surface area contributed by atoms with Gasteiger partial charge in [0.05, 0.1) is 17.4 Å². The van der Waals surface area contributed by atoms with Gasteiger partial charge in [-0.2, -0.15) is 0 Å². The summed E-state index contributed by atoms with van der Waals surface area (Å²) in [5.74, 6) is 8.31. The Kier molecular flexibility index (Phi) is 5.81. The standard InChI is InChI=1S/C30H29N5/c1-22-6-2-3-7-23(22)8-4-5-16-34-17-12-25(13-18-34)30-33-29(28-21-31-15-19-35(28)30)26-10-9-24-11-14-32-27(24)20-26/h2-3,6-7,9-11,14-15,19-21,25,32H,5,12-13,16-18H2,1H3. The Morgan fingerprint density at radius 1 is 1.09 bits per heavy atom. The SMILES string of the molecule is Cc1ccccc1C#CCCN1CCC(c2nc(-c3ccc4cc[nH]c4c3)c3cnccn23)CC1. The van der Waals surface area contributed by atoms with Crippen molar-refractivity contribution in [2.45, 2.75) is 32.1 Å². The Labute approximate surface area is 205 Å². The Morgan fingerprint density at radius 3 is 2.86 bits per heavy atom. The van der Waals surface area contributed by atoms with Gasteiger partial charge in [0, 0.05) is 54.1 Å². The predicted molar refractivity (Wildman–Crippen MR) is 141 cm³/mol. The number of H-pyrrole nitrogens is 1. The fraction of sp³-hybridized carbons (Fsp3) is 0.267. The average molecular weight is 460 g/mol. The van der Waals surface area contributed by atoms with Crippen molar-refractivity contribution in [2.75, 3.05) is 19.6 Å². The molecular weight excluding hydrogens is 430 g/mol. The van der Waals surface area contributed by atoms with E-state index < -0.39 is 0 Å². The number of hydrogen-bond donors (Lipinski definition) is 1. The van der Waals surface area contributed by atoms with E-state index in [4.69, 9.17) is 4.98 Å². The Morgan fingerprint density at radius 2 is 1.97 bits per heavy atom. The van der Waals surface area contributed by atoms with E-state index in [9.17, 15) is 0 Å². The van der Waals surface area contributed by atoms with Crippen LogP contribution in [0.4, 0.5) is 0 Å². The molecule has 0 radical (unpaired) electrons. The molecule has 1 fully saturated rings. The van der Waals surface area contributed by atoms with Crippen LogP contribution in [-0.2, 0) is 0 Å². The van der Waals surface area contributed by atoms with Crippen molar-refractivity contribution >= 4 is 16.4 Å². The number of aromatic amines is 1. The van der Waals surface area contributed by atoms with E-state index in [-0.39, 0.29) is 0 Å². The zero-order valence-corrected chi connectivity index (χ0v) is 20.0. The van der Waals surface area contributed by atoms with Crippen LogP contribution >= 0.6 is 0 Å². The summed E-state index contributed by atoms with van der Waals surface area (Å²) in [5.41, 5.74) is 6.73. The van der Waals surface area contributed by atoms with E-state index in [0.717, 1.165) is 72.6 Å². The van der Waals surface area contributed by atoms with Gasteiger partial charge in [-0.3, -0.25) is 9.38 Å². The second-order valence-corrected chi connectivity index (χ2v) is 9.41. The molecule has 174 valence electrons. The van der Waals surface area contributed by atoms with Crippen molar-refractivity contribution in [1.29, 1.82) is 0 Å². The number of piperidine rings is 1. The molecule has 5 aromatic rings. The highest BCUT2D eigenvalue weighted by Crippen LogP contribution is 2.33. The van der Waals surface area contributed by atoms with Crippen molar-refractivity contribution < 1.29 is 0 Å². The highest BCUT2D eigenvalue weighted by Gasteiger charge is 2.25. The molecule has 5 nitrogen and oxygen atoms in total. The second kappa shape index (κ2) is 9.40. The van der Waals surface area contributed by atoms with Crippen LogP contribution in [0, 0.1) is 18.8 Å². The molecule has 4 heterocycles. The first-order valence-corrected chi connectivity index (χ1v) is 12.4. The van der Waals surface area contributed by atoms with Crippen molar-refractivity contribution in [2.24, 2.45) is 0 Å². The molecule has 0 bridgehead atoms. The lowest BCUT2D eigenvalue weighted by molar-refractivity contribution is 0.213. The summed E-state index contributed by atoms with van der Waals surface area (Å²) in [4.78, 5) is 15.4. The number of hydrogen-bond acceptors (Lipinski definition) is 3. The summed E-state index contributed by atoms with van der Waals surface area (Å²) >= 11 is 0. The molecule has 1 N–H and O–H groups in total. The maximum Gasteiger partial charge on any atom is 0.117 e. The number of benzene rings is 2. The first kappa shape index (κ1) is 21.6. The van der Waals surface area contributed by atoms with Gasteiger partial charge in [0.2, 0.25) is 0 Å². The normalized spacial score (nSPS) is 14.9. The van der Waals surface area contributed by atoms with E-state index >= 15 is 0 Å². The van der Waals surface area contributed by atoms with E-state index in [1.54, 1.807) is 0 Å². The van der Waals surface area contributed by atoms with Crippen LogP contribution in [0.2, 0.25) is 0 Å². The van der Waals surface area contributed by atoms with E-state index in [1.807, 2.05) is 18.6 Å². The summed E-state index contributed by atoms with van der Waals surface area (Å²) in [6, 6.07) is 16.9. The molecule has 5 heteroatoms. The number of aromatic nitrogens is 4. The van der Waals surface area contributed by atoms with E-state index in [0.29, 0.717) is 5.92 Å². The molecule has 1 aliphatic rings. The molecule has 1 saturated heterocycles. The van der Waals surface area contributed by atoms with Crippen molar-refractivity contribution in [3.63, 3.8) is 0 Å². The molecule has 0 amide bonds. The zero-order valence-electron chi connectivity index (χ0n) is 20.0. The molecule has 1 aliphatic heterocycles. The van der Waals surface area contributed by atoms with Gasteiger partial charge >= 0.3 is 0 Å². The van der Waals surface area contributed by atoms with Crippen molar-refractivity contribution in [3.05, 3.63) is 90.3 Å². The quantitative estimate of drug-likeness (QED) is 0.345. The average Bonchev–Trinajstić information content (AvgIpc) is 3.52. The van der Waals surface area contributed by atoms with E-state index in [2.05, 4.69) is 92.8 Å². The number of nitrogens with zero attached hydrogens (tertiary/aromatic N) is 4. The molecule has 0 saturated carbocycles. The zero-order chi connectivity index (χ0) is 23.6. The van der Waals surface area contributed by atoms with Crippen LogP contribution in [0.25, 0.3) is 27.7 Å². The molecule has 2 aromatic carbocycles. The highest BCUT2D eigenvalue weighted by atomic mass is 15.1. The monoisotopic (exact) mass is 459 g/mol. The summed E-state index contributed by atoms with van der Waals surface area (Å²) in [6.07, 6.45) is 11.0. The van der Waals surface area contributed by atoms with Crippen molar-refractivity contribution in [1.82, 2.24) is 24.3 Å². The van der Waals surface area contributed by atoms with Crippen LogP contribution in [0.3, 0.4) is 0 Å². The first-order valence-electron chi connectivity index (χ1n) is 12.4. The highest BCUT2D eigenvalue weighted by molar-refractivity contribution is 5.87. The summed E-state index contributed by atoms with van der Waals surface area (Å²) in [5, 5.41) is 1.21. The molecule has 3 aromatic heterocycles. The minimum absolute atomic E-state index is 0.446. The fourth-order valence-corrected chi connectivity index (χ4v) is 5.16. The Hall–Kier alpha value is -3.88. The fourth-order valence-electron chi connectivity index (χ4n) is 5.16. The van der Waals surface area contributed by atoms with Crippen molar-refractivity contribution in [3.8, 4) is 23.1 Å². The van der Waals surface area contributed by atoms with Gasteiger partial charge in [-0.15, -0.1) is 0 Å². The van der Waals surface area contributed by atoms with Gasteiger partial charge in [-0.1, -0.05) is 42.2 Å². The molecule has 0 atom stereocenters. The predicted octanol–water partition coefficient (Wildman–Crippen LogP) is 5.81. The third-order valence-electron chi connectivity index (χ3n) is 7.18. The number of likely N-dealkylation sites (tertiary alicyclic amines) is 1. The molecule has 0 unspecified atom stereocenters. The van der Waals surface area contributed by atoms with Gasteiger partial charge in [0.15, 0.2) is 0 Å². The Balaban J connectivity index is 1.16. The third kappa shape index (κ3) is 4.34. The minimum atomic E-state index is 0.446. The number of aryl methyl sites for hydroxylation is 1. The molecular formula is C30H29N5. The number of rotatable bonds is 4. The van der Waals surface area contributed by atoms with Crippen LogP contribution in [0.5, 0.6) is 0 Å². The van der Waals surface area contributed by atoms with Gasteiger partial charge < -0.3 is 9.88 Å². The molecule has 35 heavy (non-hydrogen) atoms. The third-order valence-corrected chi connectivity index (χ3v) is 7.18. The van der Waals surface area contributed by atoms with Gasteiger partial charge in [0.25, 0.3) is 0 Å². The van der Waals surface area contributed by atoms with Gasteiger partial charge in [0.1, 0.15) is 5.82 Å². The maximum absolute atomic E-state index is 5.18. The Bertz CT molecular complexity index is 1540. The summed E-state index contributed by atoms with van der Waals surface area (Å²) in [7, 11) is 0. The summed E-state index contributed by atoms with van der Waals surface area (Å²) < 4.78 is 2.25. The maximum atomic E-state index is 5.18. The van der Waals surface area contributed by atoms with Crippen LogP contribution in [-0.4, -0.2) is 43.9 Å². The molecule has 0 spiro atoms.